The topological polar surface area (TPSA) is 41.6 Å². The summed E-state index contributed by atoms with van der Waals surface area (Å²) in [5.74, 6) is 0. The summed E-state index contributed by atoms with van der Waals surface area (Å²) in [5, 5.41) is 2.11. The van der Waals surface area contributed by atoms with Gasteiger partial charge in [-0.3, -0.25) is 4.99 Å². The van der Waals surface area contributed by atoms with Gasteiger partial charge in [-0.15, -0.1) is 0 Å². The minimum Gasteiger partial charge on any atom is -0.398 e. The van der Waals surface area contributed by atoms with Gasteiger partial charge >= 0.3 is 0 Å². The Labute approximate surface area is 130 Å². The summed E-state index contributed by atoms with van der Waals surface area (Å²) < 4.78 is 0. The van der Waals surface area contributed by atoms with Gasteiger partial charge in [-0.2, -0.15) is 0 Å². The van der Waals surface area contributed by atoms with E-state index in [1.54, 1.807) is 0 Å². The van der Waals surface area contributed by atoms with Crippen molar-refractivity contribution in [1.82, 2.24) is 0 Å². The molecule has 0 fully saturated rings. The van der Waals surface area contributed by atoms with Crippen molar-refractivity contribution >= 4 is 34.0 Å². The first-order valence-corrected chi connectivity index (χ1v) is 7.24. The first kappa shape index (κ1) is 14.1. The van der Waals surface area contributed by atoms with Gasteiger partial charge in [0.1, 0.15) is 0 Å². The molecule has 2 N–H and O–H groups in total. The van der Waals surface area contributed by atoms with E-state index in [1.165, 1.54) is 5.69 Å². The van der Waals surface area contributed by atoms with Crippen LogP contribution < -0.4 is 10.6 Å². The molecule has 22 heavy (non-hydrogen) atoms. The van der Waals surface area contributed by atoms with Crippen molar-refractivity contribution < 1.29 is 0 Å². The molecule has 3 aromatic carbocycles. The van der Waals surface area contributed by atoms with Crippen LogP contribution in [0.25, 0.3) is 10.8 Å². The average molecular weight is 289 g/mol. The summed E-state index contributed by atoms with van der Waals surface area (Å²) in [7, 11) is 4.06. The Morgan fingerprint density at radius 2 is 1.55 bits per heavy atom. The van der Waals surface area contributed by atoms with Gasteiger partial charge in [0.2, 0.25) is 0 Å². The molecule has 3 rings (SSSR count). The Morgan fingerprint density at radius 1 is 0.864 bits per heavy atom. The Morgan fingerprint density at radius 3 is 2.23 bits per heavy atom. The van der Waals surface area contributed by atoms with Gasteiger partial charge in [0.05, 0.1) is 5.69 Å². The molecule has 0 spiro atoms. The van der Waals surface area contributed by atoms with E-state index >= 15 is 0 Å². The molecule has 0 radical (unpaired) electrons. The van der Waals surface area contributed by atoms with Crippen LogP contribution in [0.4, 0.5) is 17.1 Å². The lowest BCUT2D eigenvalue weighted by molar-refractivity contribution is 1.13. The maximum absolute atomic E-state index is 6.02. The molecule has 110 valence electrons. The summed E-state index contributed by atoms with van der Waals surface area (Å²) >= 11 is 0. The van der Waals surface area contributed by atoms with Crippen LogP contribution in [-0.4, -0.2) is 20.3 Å². The summed E-state index contributed by atoms with van der Waals surface area (Å²) in [6.45, 7) is 0. The van der Waals surface area contributed by atoms with Gasteiger partial charge in [0.15, 0.2) is 0 Å². The predicted octanol–water partition coefficient (Wildman–Crippen LogP) is 4.24. The van der Waals surface area contributed by atoms with Crippen LogP contribution in [0.15, 0.2) is 65.7 Å². The van der Waals surface area contributed by atoms with E-state index in [1.807, 2.05) is 56.7 Å². The number of nitrogen functional groups attached to an aromatic ring is 1. The summed E-state index contributed by atoms with van der Waals surface area (Å²) in [5.41, 5.74) is 9.99. The lowest BCUT2D eigenvalue weighted by Crippen LogP contribution is -2.08. The van der Waals surface area contributed by atoms with Crippen molar-refractivity contribution in [3.63, 3.8) is 0 Å². The zero-order valence-electron chi connectivity index (χ0n) is 12.8. The number of hydrogen-bond donors (Lipinski definition) is 1. The van der Waals surface area contributed by atoms with Gasteiger partial charge < -0.3 is 10.6 Å². The average Bonchev–Trinajstić information content (AvgIpc) is 2.55. The Balaban J connectivity index is 1.94. The van der Waals surface area contributed by atoms with Gasteiger partial charge in [0, 0.05) is 42.5 Å². The molecule has 0 saturated carbocycles. The maximum atomic E-state index is 6.02. The molecule has 0 aromatic heterocycles. The maximum Gasteiger partial charge on any atom is 0.0709 e. The lowest BCUT2D eigenvalue weighted by Gasteiger charge is -2.11. The molecule has 3 aromatic rings. The summed E-state index contributed by atoms with van der Waals surface area (Å²) in [4.78, 5) is 6.70. The molecule has 3 heteroatoms. The standard InChI is InChI=1S/C19H19N3/c1-22(2)15-9-7-14(8-10-15)13-21-19-12-11-18(20)16-5-3-4-6-17(16)19/h3-13H,20H2,1-2H3. The fourth-order valence-electron chi connectivity index (χ4n) is 2.42. The molecule has 0 saturated heterocycles. The van der Waals surface area contributed by atoms with Crippen LogP contribution in [-0.2, 0) is 0 Å². The summed E-state index contributed by atoms with van der Waals surface area (Å²) in [6, 6.07) is 20.2. The molecule has 0 heterocycles. The third-order valence-electron chi connectivity index (χ3n) is 3.70. The molecule has 0 amide bonds. The Bertz CT molecular complexity index is 818. The largest absolute Gasteiger partial charge is 0.398 e. The van der Waals surface area contributed by atoms with Crippen LogP contribution in [0.1, 0.15) is 5.56 Å². The molecule has 0 aliphatic heterocycles. The number of nitrogens with two attached hydrogens (primary N) is 1. The molecule has 3 nitrogen and oxygen atoms in total. The van der Waals surface area contributed by atoms with E-state index in [2.05, 4.69) is 34.2 Å². The van der Waals surface area contributed by atoms with Crippen LogP contribution in [0.5, 0.6) is 0 Å². The third-order valence-corrected chi connectivity index (χ3v) is 3.70. The van der Waals surface area contributed by atoms with Gasteiger partial charge in [-0.1, -0.05) is 36.4 Å². The second kappa shape index (κ2) is 5.90. The molecule has 0 bridgehead atoms. The zero-order chi connectivity index (χ0) is 15.5. The highest BCUT2D eigenvalue weighted by Crippen LogP contribution is 2.30. The van der Waals surface area contributed by atoms with E-state index in [9.17, 15) is 0 Å². The Hall–Kier alpha value is -2.81. The van der Waals surface area contributed by atoms with Crippen molar-refractivity contribution in [2.75, 3.05) is 24.7 Å². The van der Waals surface area contributed by atoms with Crippen molar-refractivity contribution in [3.8, 4) is 0 Å². The number of nitrogens with zero attached hydrogens (tertiary/aromatic N) is 2. The van der Waals surface area contributed by atoms with Crippen LogP contribution >= 0.6 is 0 Å². The highest BCUT2D eigenvalue weighted by molar-refractivity contribution is 6.01. The highest BCUT2D eigenvalue weighted by atomic mass is 15.1. The fraction of sp³-hybridized carbons (Fsp3) is 0.105. The second-order valence-electron chi connectivity index (χ2n) is 5.46. The molecule has 0 aliphatic rings. The number of benzene rings is 3. The number of hydrogen-bond acceptors (Lipinski definition) is 3. The monoisotopic (exact) mass is 289 g/mol. The van der Waals surface area contributed by atoms with Crippen LogP contribution in [0.3, 0.4) is 0 Å². The number of rotatable bonds is 3. The van der Waals surface area contributed by atoms with Crippen molar-refractivity contribution in [3.05, 3.63) is 66.2 Å². The number of aliphatic imine (C=N–C) groups is 1. The predicted molar refractivity (Wildman–Crippen MR) is 96.4 cm³/mol. The smallest absolute Gasteiger partial charge is 0.0709 e. The van der Waals surface area contributed by atoms with Crippen LogP contribution in [0, 0.1) is 0 Å². The molecule has 0 aliphatic carbocycles. The first-order chi connectivity index (χ1) is 10.6. The van der Waals surface area contributed by atoms with E-state index in [4.69, 9.17) is 5.73 Å². The van der Waals surface area contributed by atoms with E-state index < -0.39 is 0 Å². The van der Waals surface area contributed by atoms with Crippen molar-refractivity contribution in [1.29, 1.82) is 0 Å². The minimum absolute atomic E-state index is 0.782. The van der Waals surface area contributed by atoms with E-state index in [0.717, 1.165) is 27.7 Å². The molecular weight excluding hydrogens is 270 g/mol. The minimum atomic E-state index is 0.782. The summed E-state index contributed by atoms with van der Waals surface area (Å²) in [6.07, 6.45) is 1.89. The zero-order valence-corrected chi connectivity index (χ0v) is 12.8. The van der Waals surface area contributed by atoms with Crippen molar-refractivity contribution in [2.45, 2.75) is 0 Å². The van der Waals surface area contributed by atoms with E-state index in [-0.39, 0.29) is 0 Å². The lowest BCUT2D eigenvalue weighted by atomic mass is 10.1. The van der Waals surface area contributed by atoms with Gasteiger partial charge in [-0.25, -0.2) is 0 Å². The molecule has 0 atom stereocenters. The van der Waals surface area contributed by atoms with Gasteiger partial charge in [-0.05, 0) is 29.8 Å². The third kappa shape index (κ3) is 2.79. The first-order valence-electron chi connectivity index (χ1n) is 7.24. The second-order valence-corrected chi connectivity index (χ2v) is 5.46. The van der Waals surface area contributed by atoms with Crippen LogP contribution in [0.2, 0.25) is 0 Å². The fourth-order valence-corrected chi connectivity index (χ4v) is 2.42. The highest BCUT2D eigenvalue weighted by Gasteiger charge is 2.02. The quantitative estimate of drug-likeness (QED) is 0.579. The normalized spacial score (nSPS) is 11.2. The number of anilines is 2. The Kier molecular flexibility index (Phi) is 3.79. The molecule has 0 unspecified atom stereocenters. The van der Waals surface area contributed by atoms with E-state index in [0.29, 0.717) is 0 Å². The molecular formula is C19H19N3. The van der Waals surface area contributed by atoms with Gasteiger partial charge in [0.25, 0.3) is 0 Å². The number of fused-ring (bicyclic) bond motifs is 1. The van der Waals surface area contributed by atoms with Crippen molar-refractivity contribution in [2.24, 2.45) is 4.99 Å². The SMILES string of the molecule is CN(C)c1ccc(C=Nc2ccc(N)c3ccccc23)cc1.